The number of aliphatic carboxylic acids is 1. The van der Waals surface area contributed by atoms with Gasteiger partial charge in [0.05, 0.1) is 13.0 Å². The number of hydrogen-bond acceptors (Lipinski definition) is 3. The molecule has 1 aliphatic carbocycles. The van der Waals surface area contributed by atoms with Gasteiger partial charge in [0.2, 0.25) is 9.04 Å². The molecule has 0 aromatic heterocycles. The number of carboxylic acids is 1. The van der Waals surface area contributed by atoms with E-state index in [1.807, 2.05) is 36.4 Å². The summed E-state index contributed by atoms with van der Waals surface area (Å²) in [6.07, 6.45) is 0. The van der Waals surface area contributed by atoms with Crippen molar-refractivity contribution in [2.24, 2.45) is 5.92 Å². The summed E-state index contributed by atoms with van der Waals surface area (Å²) in [6, 6.07) is 22.3. The Morgan fingerprint density at radius 2 is 1.50 bits per heavy atom. The maximum Gasteiger partial charge on any atom is 0.308 e. The highest BCUT2D eigenvalue weighted by molar-refractivity contribution is 6.49. The van der Waals surface area contributed by atoms with E-state index in [2.05, 4.69) is 64.2 Å². The van der Waals surface area contributed by atoms with Crippen LogP contribution in [0.15, 0.2) is 66.7 Å². The van der Waals surface area contributed by atoms with Crippen LogP contribution in [0.4, 0.5) is 0 Å². The fourth-order valence-electron chi connectivity index (χ4n) is 5.11. The lowest BCUT2D eigenvalue weighted by atomic mass is 9.78. The topological polar surface area (TPSA) is 55.8 Å². The first kappa shape index (κ1) is 24.1. The molecule has 1 aliphatic rings. The van der Waals surface area contributed by atoms with Crippen molar-refractivity contribution in [2.75, 3.05) is 7.11 Å². The second-order valence-corrected chi connectivity index (χ2v) is 12.7. The van der Waals surface area contributed by atoms with Crippen LogP contribution in [-0.4, -0.2) is 27.2 Å². The first-order valence-corrected chi connectivity index (χ1v) is 14.7. The summed E-state index contributed by atoms with van der Waals surface area (Å²) in [4.78, 5) is 12.9. The van der Waals surface area contributed by atoms with Crippen molar-refractivity contribution in [2.45, 2.75) is 51.1 Å². The molecule has 3 unspecified atom stereocenters. The van der Waals surface area contributed by atoms with Gasteiger partial charge in [0, 0.05) is 17.4 Å². The molecule has 4 rings (SSSR count). The summed E-state index contributed by atoms with van der Waals surface area (Å²) in [5, 5.41) is 10.5. The zero-order chi connectivity index (χ0) is 24.6. The summed E-state index contributed by atoms with van der Waals surface area (Å²) in [5.41, 5.74) is 5.24. The van der Waals surface area contributed by atoms with Crippen molar-refractivity contribution in [3.8, 4) is 11.5 Å². The molecule has 0 heterocycles. The molecule has 34 heavy (non-hydrogen) atoms. The number of hydrogen-bond donors (Lipinski definition) is 1. The molecule has 0 saturated carbocycles. The Hall–Kier alpha value is -3.05. The molecule has 3 atom stereocenters. The minimum absolute atomic E-state index is 0.0272. The lowest BCUT2D eigenvalue weighted by Gasteiger charge is -2.27. The number of fused-ring (bicyclic) bond motifs is 1. The molecule has 0 amide bonds. The summed E-state index contributed by atoms with van der Waals surface area (Å²) < 4.78 is 11.8. The highest BCUT2D eigenvalue weighted by Crippen LogP contribution is 2.54. The molecule has 0 fully saturated rings. The van der Waals surface area contributed by atoms with Crippen LogP contribution in [0.1, 0.15) is 60.4 Å². The number of methoxy groups -OCH3 is 1. The number of carbonyl (C=O) groups is 1. The molecular weight excluding hydrogens is 440 g/mol. The van der Waals surface area contributed by atoms with Gasteiger partial charge in [-0.25, -0.2) is 0 Å². The van der Waals surface area contributed by atoms with E-state index in [9.17, 15) is 9.90 Å². The summed E-state index contributed by atoms with van der Waals surface area (Å²) in [7, 11) is 0.216. The van der Waals surface area contributed by atoms with Crippen LogP contribution in [0.5, 0.6) is 11.5 Å². The van der Waals surface area contributed by atoms with Crippen molar-refractivity contribution in [3.05, 3.63) is 94.5 Å². The van der Waals surface area contributed by atoms with Crippen LogP contribution < -0.4 is 9.16 Å². The zero-order valence-electron chi connectivity index (χ0n) is 20.8. The minimum atomic E-state index is -1.42. The molecule has 0 bridgehead atoms. The van der Waals surface area contributed by atoms with Crippen molar-refractivity contribution in [3.63, 3.8) is 0 Å². The molecule has 0 spiro atoms. The first-order valence-electron chi connectivity index (χ1n) is 11.9. The van der Waals surface area contributed by atoms with E-state index in [4.69, 9.17) is 9.16 Å². The van der Waals surface area contributed by atoms with Gasteiger partial charge in [-0.15, -0.1) is 0 Å². The van der Waals surface area contributed by atoms with E-state index in [0.29, 0.717) is 0 Å². The van der Waals surface area contributed by atoms with Crippen molar-refractivity contribution in [1.29, 1.82) is 0 Å². The van der Waals surface area contributed by atoms with Gasteiger partial charge in [-0.2, -0.15) is 0 Å². The molecule has 1 N–H and O–H groups in total. The third-order valence-electron chi connectivity index (χ3n) is 6.72. The van der Waals surface area contributed by atoms with Crippen molar-refractivity contribution in [1.82, 2.24) is 0 Å². The SMILES string of the molecule is COc1ccc(C2c3ccccc3C(c3ccc(C(C)(C)C)cc3O[SiH](C)C)C2C(=O)O)cc1. The Kier molecular flexibility index (Phi) is 6.59. The van der Waals surface area contributed by atoms with Crippen LogP contribution >= 0.6 is 0 Å². The summed E-state index contributed by atoms with van der Waals surface area (Å²) in [5.74, 6) is -0.393. The van der Waals surface area contributed by atoms with Gasteiger partial charge in [0.25, 0.3) is 0 Å². The molecule has 0 saturated heterocycles. The quantitative estimate of drug-likeness (QED) is 0.424. The predicted molar refractivity (Wildman–Crippen MR) is 139 cm³/mol. The van der Waals surface area contributed by atoms with E-state index in [-0.39, 0.29) is 17.3 Å². The van der Waals surface area contributed by atoms with Crippen LogP contribution in [0, 0.1) is 5.92 Å². The molecular formula is C29H34O4Si. The molecule has 5 heteroatoms. The first-order chi connectivity index (χ1) is 16.1. The standard InChI is InChI=1S/C29H34O4Si/c1-29(2,3)19-13-16-23(24(17-19)33-34(5)6)26-22-10-8-7-9-21(22)25(27(26)28(30)31)18-11-14-20(32-4)15-12-18/h7-17,25-27,34H,1-6H3,(H,30,31). The Morgan fingerprint density at radius 1 is 0.882 bits per heavy atom. The molecule has 3 aromatic carbocycles. The lowest BCUT2D eigenvalue weighted by molar-refractivity contribution is -0.142. The van der Waals surface area contributed by atoms with E-state index in [1.165, 1.54) is 5.56 Å². The number of carboxylic acid groups (broad SMARTS) is 1. The average molecular weight is 475 g/mol. The average Bonchev–Trinajstić information content (AvgIpc) is 3.13. The summed E-state index contributed by atoms with van der Waals surface area (Å²) >= 11 is 0. The number of benzene rings is 3. The second-order valence-electron chi connectivity index (χ2n) is 10.4. The third kappa shape index (κ3) is 4.49. The zero-order valence-corrected chi connectivity index (χ0v) is 22.0. The third-order valence-corrected chi connectivity index (χ3v) is 7.45. The van der Waals surface area contributed by atoms with Gasteiger partial charge >= 0.3 is 5.97 Å². The molecule has 0 aliphatic heterocycles. The molecule has 4 nitrogen and oxygen atoms in total. The fraction of sp³-hybridized carbons (Fsp3) is 0.345. The molecule has 178 valence electrons. The highest BCUT2D eigenvalue weighted by atomic mass is 28.3. The summed E-state index contributed by atoms with van der Waals surface area (Å²) in [6.45, 7) is 10.8. The predicted octanol–water partition coefficient (Wildman–Crippen LogP) is 6.33. The van der Waals surface area contributed by atoms with Gasteiger partial charge in [-0.05, 0) is 59.0 Å². The molecule has 0 radical (unpaired) electrons. The Bertz CT molecular complexity index is 1180. The van der Waals surface area contributed by atoms with E-state index < -0.39 is 20.9 Å². The van der Waals surface area contributed by atoms with Crippen molar-refractivity contribution < 1.29 is 19.1 Å². The Balaban J connectivity index is 1.91. The van der Waals surface area contributed by atoms with Gasteiger partial charge < -0.3 is 14.3 Å². The molecule has 3 aromatic rings. The van der Waals surface area contributed by atoms with Crippen molar-refractivity contribution >= 4 is 15.0 Å². The van der Waals surface area contributed by atoms with Gasteiger partial charge in [-0.3, -0.25) is 4.79 Å². The second kappa shape index (κ2) is 9.30. The van der Waals surface area contributed by atoms with E-state index >= 15 is 0 Å². The number of rotatable bonds is 6. The van der Waals surface area contributed by atoms with Crippen LogP contribution in [0.25, 0.3) is 0 Å². The number of ether oxygens (including phenoxy) is 1. The maximum absolute atomic E-state index is 12.9. The minimum Gasteiger partial charge on any atom is -0.547 e. The monoisotopic (exact) mass is 474 g/mol. The van der Waals surface area contributed by atoms with Crippen LogP contribution in [0.2, 0.25) is 13.1 Å². The highest BCUT2D eigenvalue weighted by Gasteiger charge is 2.47. The lowest BCUT2D eigenvalue weighted by Crippen LogP contribution is -2.25. The van der Waals surface area contributed by atoms with Crippen LogP contribution in [0.3, 0.4) is 0 Å². The van der Waals surface area contributed by atoms with Gasteiger partial charge in [0.1, 0.15) is 11.5 Å². The van der Waals surface area contributed by atoms with Gasteiger partial charge in [-0.1, -0.05) is 69.3 Å². The van der Waals surface area contributed by atoms with E-state index in [1.54, 1.807) is 7.11 Å². The van der Waals surface area contributed by atoms with Crippen LogP contribution in [-0.2, 0) is 10.2 Å². The Labute approximate surface area is 204 Å². The van der Waals surface area contributed by atoms with Gasteiger partial charge in [0.15, 0.2) is 0 Å². The Morgan fingerprint density at radius 3 is 2.03 bits per heavy atom. The fourth-order valence-corrected chi connectivity index (χ4v) is 5.83. The maximum atomic E-state index is 12.9. The normalized spacial score (nSPS) is 19.7. The smallest absolute Gasteiger partial charge is 0.308 e. The van der Waals surface area contributed by atoms with E-state index in [0.717, 1.165) is 33.8 Å². The largest absolute Gasteiger partial charge is 0.547 e.